The number of amides is 1. The van der Waals surface area contributed by atoms with Crippen molar-refractivity contribution in [2.75, 3.05) is 11.5 Å². The molecular weight excluding hydrogens is 490 g/mol. The van der Waals surface area contributed by atoms with Crippen LogP contribution >= 0.6 is 0 Å². The Morgan fingerprint density at radius 2 is 1.84 bits per heavy atom. The highest BCUT2D eigenvalue weighted by molar-refractivity contribution is 6.51. The molecule has 1 fully saturated rings. The molecule has 3 aromatic rings. The Bertz CT molecular complexity index is 1520. The molecule has 0 aromatic heterocycles. The molecular formula is C28H23N3O7. The fraction of sp³-hybridized carbons (Fsp3) is 0.179. The quantitative estimate of drug-likeness (QED) is 0.149. The lowest BCUT2D eigenvalue weighted by atomic mass is 9.94. The summed E-state index contributed by atoms with van der Waals surface area (Å²) in [6, 6.07) is 14.9. The van der Waals surface area contributed by atoms with Crippen molar-refractivity contribution in [3.8, 4) is 17.6 Å². The number of nitrogens with zero attached hydrogens (tertiary/aromatic N) is 3. The number of hydrogen-bond acceptors (Lipinski definition) is 8. The summed E-state index contributed by atoms with van der Waals surface area (Å²) < 4.78 is 5.68. The third-order valence-electron chi connectivity index (χ3n) is 6.14. The average Bonchev–Trinajstić information content (AvgIpc) is 3.17. The highest BCUT2D eigenvalue weighted by Gasteiger charge is 2.47. The van der Waals surface area contributed by atoms with Crippen molar-refractivity contribution in [2.45, 2.75) is 26.3 Å². The number of aryl methyl sites for hydroxylation is 1. The predicted octanol–water partition coefficient (Wildman–Crippen LogP) is 4.90. The zero-order valence-electron chi connectivity index (χ0n) is 20.5. The number of phenols is 1. The maximum Gasteiger partial charge on any atom is 0.311 e. The van der Waals surface area contributed by atoms with Gasteiger partial charge in [0.1, 0.15) is 11.5 Å². The van der Waals surface area contributed by atoms with Crippen LogP contribution in [0, 0.1) is 28.4 Å². The smallest absolute Gasteiger partial charge is 0.311 e. The van der Waals surface area contributed by atoms with Gasteiger partial charge in [-0.3, -0.25) is 24.6 Å². The second-order valence-corrected chi connectivity index (χ2v) is 8.66. The summed E-state index contributed by atoms with van der Waals surface area (Å²) in [5.74, 6) is -2.40. The fourth-order valence-corrected chi connectivity index (χ4v) is 4.29. The minimum atomic E-state index is -1.25. The zero-order chi connectivity index (χ0) is 27.6. The molecule has 1 aliphatic heterocycles. The van der Waals surface area contributed by atoms with Gasteiger partial charge in [0.25, 0.3) is 11.7 Å². The summed E-state index contributed by atoms with van der Waals surface area (Å²) in [5.41, 5.74) is 0.734. The topological polar surface area (TPSA) is 154 Å². The molecule has 0 aliphatic carbocycles. The highest BCUT2D eigenvalue weighted by atomic mass is 16.6. The van der Waals surface area contributed by atoms with E-state index >= 15 is 0 Å². The van der Waals surface area contributed by atoms with Gasteiger partial charge in [-0.2, -0.15) is 5.26 Å². The first kappa shape index (κ1) is 25.9. The Hall–Kier alpha value is -5.17. The van der Waals surface area contributed by atoms with Crippen molar-refractivity contribution >= 4 is 28.8 Å². The normalized spacial score (nSPS) is 16.3. The van der Waals surface area contributed by atoms with Crippen molar-refractivity contribution in [1.82, 2.24) is 0 Å². The van der Waals surface area contributed by atoms with Gasteiger partial charge in [-0.1, -0.05) is 13.0 Å². The maximum absolute atomic E-state index is 13.3. The molecule has 192 valence electrons. The number of nitriles is 1. The van der Waals surface area contributed by atoms with E-state index in [2.05, 4.69) is 0 Å². The fourth-order valence-electron chi connectivity index (χ4n) is 4.29. The number of anilines is 1. The van der Waals surface area contributed by atoms with Gasteiger partial charge in [-0.15, -0.1) is 0 Å². The van der Waals surface area contributed by atoms with Gasteiger partial charge in [0.15, 0.2) is 5.75 Å². The van der Waals surface area contributed by atoms with Crippen LogP contribution < -0.4 is 9.64 Å². The number of aliphatic hydroxyl groups is 1. The SMILES string of the molecule is CCCOc1ccc(/C(O)=C2/C(=O)C(=O)N(c3ccc(C#N)cc3)C2c2ccc(O)c([N+](=O)[O-])c2)cc1C. The van der Waals surface area contributed by atoms with Crippen LogP contribution in [0.5, 0.6) is 11.5 Å². The van der Waals surface area contributed by atoms with Gasteiger partial charge in [0.2, 0.25) is 0 Å². The predicted molar refractivity (Wildman–Crippen MR) is 138 cm³/mol. The third kappa shape index (κ3) is 4.65. The van der Waals surface area contributed by atoms with E-state index in [0.29, 0.717) is 23.5 Å². The number of benzene rings is 3. The van der Waals surface area contributed by atoms with E-state index in [4.69, 9.17) is 10.00 Å². The minimum absolute atomic E-state index is 0.124. The number of Topliss-reactive ketones (excluding diaryl/α,β-unsaturated/α-hetero) is 1. The van der Waals surface area contributed by atoms with E-state index in [1.807, 2.05) is 13.0 Å². The second kappa shape index (κ2) is 10.4. The van der Waals surface area contributed by atoms with Crippen LogP contribution in [-0.4, -0.2) is 33.4 Å². The first-order valence-corrected chi connectivity index (χ1v) is 11.7. The van der Waals surface area contributed by atoms with Crippen molar-refractivity contribution in [2.24, 2.45) is 0 Å². The van der Waals surface area contributed by atoms with E-state index < -0.39 is 39.9 Å². The molecule has 1 aliphatic rings. The molecule has 1 heterocycles. The Labute approximate surface area is 217 Å². The molecule has 1 amide bonds. The van der Waals surface area contributed by atoms with E-state index in [9.17, 15) is 29.9 Å². The monoisotopic (exact) mass is 513 g/mol. The van der Waals surface area contributed by atoms with Crippen molar-refractivity contribution in [1.29, 1.82) is 5.26 Å². The molecule has 1 atom stereocenters. The standard InChI is InChI=1S/C28H23N3O7/c1-3-12-38-23-11-7-19(13-16(23)2)26(33)24-25(18-6-10-22(32)21(14-18)31(36)37)30(28(35)27(24)34)20-8-4-17(15-29)5-9-20/h4-11,13-14,25,32-33H,3,12H2,1-2H3/b26-24-. The van der Waals surface area contributed by atoms with Crippen molar-refractivity contribution in [3.63, 3.8) is 0 Å². The molecule has 1 saturated heterocycles. The largest absolute Gasteiger partial charge is 0.507 e. The molecule has 1 unspecified atom stereocenters. The molecule has 0 spiro atoms. The Morgan fingerprint density at radius 3 is 2.45 bits per heavy atom. The first-order valence-electron chi connectivity index (χ1n) is 11.7. The summed E-state index contributed by atoms with van der Waals surface area (Å²) in [6.45, 7) is 4.25. The molecule has 0 radical (unpaired) electrons. The van der Waals surface area contributed by atoms with Gasteiger partial charge < -0.3 is 14.9 Å². The Kier molecular flexibility index (Phi) is 7.12. The number of ether oxygens (including phenoxy) is 1. The van der Waals surface area contributed by atoms with Gasteiger partial charge in [-0.05, 0) is 73.0 Å². The number of carbonyl (C=O) groups is 2. The average molecular weight is 514 g/mol. The highest BCUT2D eigenvalue weighted by Crippen LogP contribution is 2.44. The van der Waals surface area contributed by atoms with Crippen molar-refractivity contribution < 1.29 is 29.5 Å². The lowest BCUT2D eigenvalue weighted by Crippen LogP contribution is -2.29. The van der Waals surface area contributed by atoms with Crippen LogP contribution in [-0.2, 0) is 9.59 Å². The number of carbonyl (C=O) groups excluding carboxylic acids is 2. The molecule has 2 N–H and O–H groups in total. The molecule has 4 rings (SSSR count). The first-order chi connectivity index (χ1) is 18.2. The Morgan fingerprint density at radius 1 is 1.13 bits per heavy atom. The number of nitro groups is 1. The van der Waals surface area contributed by atoms with Crippen molar-refractivity contribution in [3.05, 3.63) is 98.6 Å². The molecule has 0 saturated carbocycles. The van der Waals surface area contributed by atoms with Crippen LogP contribution in [0.1, 0.15) is 41.6 Å². The summed E-state index contributed by atoms with van der Waals surface area (Å²) in [4.78, 5) is 38.4. The lowest BCUT2D eigenvalue weighted by molar-refractivity contribution is -0.385. The summed E-state index contributed by atoms with van der Waals surface area (Å²) >= 11 is 0. The van der Waals surface area contributed by atoms with Crippen LogP contribution in [0.15, 0.2) is 66.2 Å². The number of phenolic OH excluding ortho intramolecular Hbond substituents is 1. The Balaban J connectivity index is 1.93. The maximum atomic E-state index is 13.3. The van der Waals surface area contributed by atoms with Crippen LogP contribution in [0.3, 0.4) is 0 Å². The summed E-state index contributed by atoms with van der Waals surface area (Å²) in [6.07, 6.45) is 0.804. The number of aliphatic hydroxyl groups excluding tert-OH is 1. The van der Waals surface area contributed by atoms with Crippen LogP contribution in [0.2, 0.25) is 0 Å². The van der Waals surface area contributed by atoms with E-state index in [1.54, 1.807) is 25.1 Å². The molecule has 0 bridgehead atoms. The second-order valence-electron chi connectivity index (χ2n) is 8.66. The summed E-state index contributed by atoms with van der Waals surface area (Å²) in [5, 5.41) is 41.9. The molecule has 38 heavy (non-hydrogen) atoms. The molecule has 3 aromatic carbocycles. The number of nitro benzene ring substituents is 1. The zero-order valence-corrected chi connectivity index (χ0v) is 20.5. The lowest BCUT2D eigenvalue weighted by Gasteiger charge is -2.25. The molecule has 10 heteroatoms. The minimum Gasteiger partial charge on any atom is -0.507 e. The number of hydrogen-bond donors (Lipinski definition) is 2. The van der Waals surface area contributed by atoms with Gasteiger partial charge >= 0.3 is 5.69 Å². The van der Waals surface area contributed by atoms with Gasteiger partial charge in [-0.25, -0.2) is 0 Å². The van der Waals surface area contributed by atoms with E-state index in [1.165, 1.54) is 30.3 Å². The summed E-state index contributed by atoms with van der Waals surface area (Å²) in [7, 11) is 0. The third-order valence-corrected chi connectivity index (χ3v) is 6.14. The molecule has 10 nitrogen and oxygen atoms in total. The van der Waals surface area contributed by atoms with E-state index in [0.717, 1.165) is 23.5 Å². The number of ketones is 1. The van der Waals surface area contributed by atoms with Crippen LogP contribution in [0.4, 0.5) is 11.4 Å². The van der Waals surface area contributed by atoms with Crippen LogP contribution in [0.25, 0.3) is 5.76 Å². The van der Waals surface area contributed by atoms with Gasteiger partial charge in [0, 0.05) is 17.3 Å². The number of rotatable bonds is 7. The number of aromatic hydroxyl groups is 1. The van der Waals surface area contributed by atoms with E-state index in [-0.39, 0.29) is 22.4 Å². The van der Waals surface area contributed by atoms with Gasteiger partial charge in [0.05, 0.1) is 34.8 Å².